The zero-order chi connectivity index (χ0) is 50.1. The maximum atomic E-state index is 17.5. The molecule has 380 valence electrons. The average molecular weight is 995 g/mol. The number of hydrogen-bond acceptors (Lipinski definition) is 14. The van der Waals surface area contributed by atoms with E-state index in [0.717, 1.165) is 109 Å². The summed E-state index contributed by atoms with van der Waals surface area (Å²) in [4.78, 5) is 63.3. The van der Waals surface area contributed by atoms with E-state index in [4.69, 9.17) is 25.9 Å². The Balaban J connectivity index is 0.705. The number of anilines is 2. The lowest BCUT2D eigenvalue weighted by atomic mass is 9.94. The summed E-state index contributed by atoms with van der Waals surface area (Å²) in [6.07, 6.45) is 13.7. The van der Waals surface area contributed by atoms with Crippen molar-refractivity contribution >= 4 is 50.9 Å². The molecule has 1 aliphatic carbocycles. The van der Waals surface area contributed by atoms with Gasteiger partial charge in [-0.15, -0.1) is 6.42 Å². The Bertz CT molecular complexity index is 3080. The minimum atomic E-state index is -0.789. The molecule has 16 nitrogen and oxygen atoms in total. The first-order valence-corrected chi connectivity index (χ1v) is 25.9. The molecule has 5 aromatic rings. The highest BCUT2D eigenvalue weighted by atomic mass is 19.1. The van der Waals surface area contributed by atoms with Crippen molar-refractivity contribution < 1.29 is 37.7 Å². The Morgan fingerprint density at radius 3 is 2.36 bits per heavy atom. The lowest BCUT2D eigenvalue weighted by Crippen LogP contribution is -2.59. The van der Waals surface area contributed by atoms with Gasteiger partial charge in [-0.2, -0.15) is 9.97 Å². The third-order valence-electron chi connectivity index (χ3n) is 16.6. The number of phenolic OH excluding ortho intramolecular Hbond substituents is 1. The number of aromatic hydroxyl groups is 1. The minimum Gasteiger partial charge on any atom is -0.508 e. The lowest BCUT2D eigenvalue weighted by Gasteiger charge is -2.43. The second-order valence-corrected chi connectivity index (χ2v) is 21.4. The van der Waals surface area contributed by atoms with E-state index in [2.05, 4.69) is 47.2 Å². The Labute approximate surface area is 422 Å². The van der Waals surface area contributed by atoms with Crippen LogP contribution in [-0.4, -0.2) is 150 Å². The molecule has 12 rings (SSSR count). The summed E-state index contributed by atoms with van der Waals surface area (Å²) < 4.78 is 45.1. The van der Waals surface area contributed by atoms with E-state index in [-0.39, 0.29) is 81.1 Å². The van der Waals surface area contributed by atoms with Gasteiger partial charge in [0.15, 0.2) is 5.82 Å². The Kier molecular flexibility index (Phi) is 12.3. The van der Waals surface area contributed by atoms with Crippen LogP contribution in [0.1, 0.15) is 79.3 Å². The number of piperazine rings is 2. The first-order valence-electron chi connectivity index (χ1n) is 25.9. The molecule has 7 aliphatic rings. The predicted octanol–water partition coefficient (Wildman–Crippen LogP) is 5.60. The molecule has 2 bridgehead atoms. The highest BCUT2D eigenvalue weighted by Crippen LogP contribution is 2.48. The van der Waals surface area contributed by atoms with Crippen LogP contribution in [0, 0.1) is 35.3 Å². The molecule has 8 heterocycles. The van der Waals surface area contributed by atoms with Crippen LogP contribution in [0.3, 0.4) is 0 Å². The van der Waals surface area contributed by atoms with Crippen LogP contribution >= 0.6 is 0 Å². The molecule has 3 atom stereocenters. The molecule has 6 aliphatic heterocycles. The number of imide groups is 1. The van der Waals surface area contributed by atoms with E-state index in [1.165, 1.54) is 31.4 Å². The Hall–Kier alpha value is -6.68. The molecule has 1 saturated carbocycles. The summed E-state index contributed by atoms with van der Waals surface area (Å²) in [5.74, 6) is 1.15. The molecule has 3 aromatic carbocycles. The fourth-order valence-corrected chi connectivity index (χ4v) is 12.5. The van der Waals surface area contributed by atoms with E-state index < -0.39 is 23.6 Å². The Morgan fingerprint density at radius 2 is 1.63 bits per heavy atom. The summed E-state index contributed by atoms with van der Waals surface area (Å²) in [6, 6.07) is 11.4. The third kappa shape index (κ3) is 9.03. The van der Waals surface area contributed by atoms with Gasteiger partial charge in [0, 0.05) is 118 Å². The van der Waals surface area contributed by atoms with Crippen LogP contribution in [0.25, 0.3) is 32.9 Å². The largest absolute Gasteiger partial charge is 0.508 e. The Morgan fingerprint density at radius 1 is 0.863 bits per heavy atom. The van der Waals surface area contributed by atoms with Gasteiger partial charge in [-0.05, 0) is 98.2 Å². The molecule has 5 saturated heterocycles. The fourth-order valence-electron chi connectivity index (χ4n) is 12.5. The van der Waals surface area contributed by atoms with Gasteiger partial charge in [0.2, 0.25) is 17.7 Å². The van der Waals surface area contributed by atoms with Crippen molar-refractivity contribution in [2.45, 2.75) is 82.5 Å². The van der Waals surface area contributed by atoms with Gasteiger partial charge in [-0.25, -0.2) is 13.8 Å². The number of carbonyl (C=O) groups is 3. The number of amides is 3. The number of pyridine rings is 1. The zero-order valence-electron chi connectivity index (χ0n) is 41.1. The molecular weight excluding hydrogens is 935 g/mol. The second-order valence-electron chi connectivity index (χ2n) is 21.4. The smallest absolute Gasteiger partial charge is 0.319 e. The number of phenols is 1. The summed E-state index contributed by atoms with van der Waals surface area (Å²) in [6.45, 7) is 9.79. The second kappa shape index (κ2) is 19.0. The van der Waals surface area contributed by atoms with Crippen molar-refractivity contribution in [3.63, 3.8) is 0 Å². The molecule has 0 spiro atoms. The quantitative estimate of drug-likeness (QED) is 0.104. The number of nitrogens with one attached hydrogen (secondary N) is 2. The zero-order valence-corrected chi connectivity index (χ0v) is 41.1. The molecule has 6 fully saturated rings. The number of carbonyl (C=O) groups excluding carboxylic acids is 3. The molecule has 18 heteroatoms. The van der Waals surface area contributed by atoms with Gasteiger partial charge in [0.1, 0.15) is 40.0 Å². The number of piperidine rings is 3. The first-order chi connectivity index (χ1) is 35.4. The van der Waals surface area contributed by atoms with Crippen LogP contribution in [0.5, 0.6) is 17.6 Å². The van der Waals surface area contributed by atoms with Crippen LogP contribution in [0.15, 0.2) is 42.5 Å². The number of halogens is 2. The van der Waals surface area contributed by atoms with Crippen LogP contribution in [0.4, 0.5) is 20.3 Å². The molecule has 73 heavy (non-hydrogen) atoms. The van der Waals surface area contributed by atoms with E-state index in [1.807, 2.05) is 12.1 Å². The number of methoxy groups -OCH3 is 1. The fraction of sp³-hybridized carbons (Fsp3) is 0.491. The summed E-state index contributed by atoms with van der Waals surface area (Å²) in [5, 5.41) is 17.9. The van der Waals surface area contributed by atoms with Gasteiger partial charge < -0.3 is 44.4 Å². The monoisotopic (exact) mass is 994 g/mol. The van der Waals surface area contributed by atoms with Crippen molar-refractivity contribution in [1.82, 2.24) is 40.3 Å². The lowest BCUT2D eigenvalue weighted by molar-refractivity contribution is -0.136. The van der Waals surface area contributed by atoms with Crippen molar-refractivity contribution in [3.8, 4) is 41.2 Å². The summed E-state index contributed by atoms with van der Waals surface area (Å²) in [5.41, 5.74) is 2.39. The standard InChI is InChI=1S/C55H60F2N10O6/c1-3-39-42(56)10-7-33-24-38(68)25-41(45(33)39)48-47(57)49-46(52(60-48)72-2)50(66-28-35-5-4-6-36(29-66)58-35)62-54(61-49)73-31-55(15-16-55)30-64-21-19-63(20-22-64)26-32-13-17-65(18-14-32)37-8-9-40-34(23-37)27-67(53(40)71)43-11-12-44(69)59-51(43)70/h1,7-10,23-25,32,35-36,43,58,68H,4-6,11-22,26-31H2,2H3,(H,59,69,70). The maximum absolute atomic E-state index is 17.5. The SMILES string of the molecule is C#Cc1c(F)ccc2cc(O)cc(-c3nc(OC)c4c(N5CC6CCCC(C5)N6)nc(OCC5(CN6CCN(CC7CCN(c8ccc9c(c8)CN(C8CCC(=O)NC8=O)C9=O)CC7)CC6)CC5)nc4c3F)c12. The van der Waals surface area contributed by atoms with Crippen LogP contribution in [-0.2, 0) is 16.1 Å². The first kappa shape index (κ1) is 47.3. The molecular formula is C55H60F2N10O6. The van der Waals surface area contributed by atoms with Crippen molar-refractivity contribution in [3.05, 3.63) is 70.8 Å². The number of terminal acetylenes is 1. The van der Waals surface area contributed by atoms with E-state index >= 15 is 8.78 Å². The van der Waals surface area contributed by atoms with Gasteiger partial charge in [-0.3, -0.25) is 19.7 Å². The highest BCUT2D eigenvalue weighted by molar-refractivity contribution is 6.06. The van der Waals surface area contributed by atoms with Crippen molar-refractivity contribution in [1.29, 1.82) is 0 Å². The number of aromatic nitrogens is 3. The van der Waals surface area contributed by atoms with Gasteiger partial charge in [0.25, 0.3) is 5.91 Å². The average Bonchev–Trinajstić information content (AvgIpc) is 4.08. The number of hydrogen-bond donors (Lipinski definition) is 3. The molecule has 0 radical (unpaired) electrons. The summed E-state index contributed by atoms with van der Waals surface area (Å²) in [7, 11) is 1.46. The van der Waals surface area contributed by atoms with E-state index in [0.29, 0.717) is 60.7 Å². The van der Waals surface area contributed by atoms with Gasteiger partial charge >= 0.3 is 6.01 Å². The van der Waals surface area contributed by atoms with Crippen molar-refractivity contribution in [2.75, 3.05) is 89.0 Å². The number of benzene rings is 3. The number of ether oxygens (including phenoxy) is 2. The normalized spacial score (nSPS) is 23.5. The number of nitrogens with zero attached hydrogens (tertiary/aromatic N) is 8. The highest BCUT2D eigenvalue weighted by Gasteiger charge is 2.46. The van der Waals surface area contributed by atoms with Crippen molar-refractivity contribution in [2.24, 2.45) is 11.3 Å². The number of fused-ring (bicyclic) bond motifs is 5. The third-order valence-corrected chi connectivity index (χ3v) is 16.6. The summed E-state index contributed by atoms with van der Waals surface area (Å²) >= 11 is 0. The molecule has 3 N–H and O–H groups in total. The van der Waals surface area contributed by atoms with E-state index in [9.17, 15) is 19.5 Å². The van der Waals surface area contributed by atoms with Gasteiger partial charge in [0.05, 0.1) is 19.3 Å². The van der Waals surface area contributed by atoms with Crippen LogP contribution < -0.4 is 29.9 Å². The number of rotatable bonds is 12. The molecule has 2 aromatic heterocycles. The maximum Gasteiger partial charge on any atom is 0.319 e. The minimum absolute atomic E-state index is 0.0478. The molecule has 3 amide bonds. The van der Waals surface area contributed by atoms with Gasteiger partial charge in [-0.1, -0.05) is 18.4 Å². The van der Waals surface area contributed by atoms with E-state index in [1.54, 1.807) is 4.90 Å². The predicted molar refractivity (Wildman–Crippen MR) is 271 cm³/mol. The topological polar surface area (TPSA) is 169 Å². The molecule has 3 unspecified atom stereocenters. The van der Waals surface area contributed by atoms with Crippen LogP contribution in [0.2, 0.25) is 0 Å².